The third-order valence-electron chi connectivity index (χ3n) is 3.53. The van der Waals surface area contributed by atoms with Gasteiger partial charge in [0.1, 0.15) is 6.61 Å². The highest BCUT2D eigenvalue weighted by Gasteiger charge is 2.12. The van der Waals surface area contributed by atoms with E-state index in [-0.39, 0.29) is 18.7 Å². The molecule has 0 aliphatic heterocycles. The standard InChI is InChI=1S/C20H21NO5/c1-2-6-15-9-11-17(12-10-15)18(22)25-14-13-21-20(24)26-19(23)16-7-4-3-5-8-16/h3-5,7-12H,2,6,13-14H2,1H3,(H,21,24). The average Bonchev–Trinajstić information content (AvgIpc) is 2.66. The Hall–Kier alpha value is -3.15. The van der Waals surface area contributed by atoms with Crippen molar-refractivity contribution in [3.8, 4) is 0 Å². The summed E-state index contributed by atoms with van der Waals surface area (Å²) >= 11 is 0. The lowest BCUT2D eigenvalue weighted by Gasteiger charge is -2.07. The van der Waals surface area contributed by atoms with Crippen LogP contribution in [0, 0.1) is 0 Å². The van der Waals surface area contributed by atoms with E-state index in [2.05, 4.69) is 17.0 Å². The van der Waals surface area contributed by atoms with E-state index in [9.17, 15) is 14.4 Å². The van der Waals surface area contributed by atoms with E-state index in [1.807, 2.05) is 12.1 Å². The van der Waals surface area contributed by atoms with Gasteiger partial charge in [0, 0.05) is 0 Å². The maximum Gasteiger partial charge on any atom is 0.415 e. The average molecular weight is 355 g/mol. The second-order valence-corrected chi connectivity index (χ2v) is 5.55. The third kappa shape index (κ3) is 6.05. The van der Waals surface area contributed by atoms with Crippen LogP contribution in [0.1, 0.15) is 39.6 Å². The number of nitrogens with one attached hydrogen (secondary N) is 1. The van der Waals surface area contributed by atoms with Crippen LogP contribution in [0.15, 0.2) is 54.6 Å². The normalized spacial score (nSPS) is 10.0. The highest BCUT2D eigenvalue weighted by molar-refractivity contribution is 5.96. The minimum atomic E-state index is -0.890. The first-order valence-electron chi connectivity index (χ1n) is 8.41. The fourth-order valence-corrected chi connectivity index (χ4v) is 2.23. The van der Waals surface area contributed by atoms with Crippen LogP contribution in [0.5, 0.6) is 0 Å². The van der Waals surface area contributed by atoms with Crippen LogP contribution in [-0.4, -0.2) is 31.2 Å². The van der Waals surface area contributed by atoms with Gasteiger partial charge in [0.05, 0.1) is 17.7 Å². The molecule has 0 atom stereocenters. The molecule has 0 spiro atoms. The molecular formula is C20H21NO5. The molecule has 2 aromatic carbocycles. The maximum absolute atomic E-state index is 11.9. The second kappa shape index (κ2) is 9.98. The first-order chi connectivity index (χ1) is 12.6. The number of esters is 2. The molecule has 2 rings (SSSR count). The minimum absolute atomic E-state index is 0.0236. The van der Waals surface area contributed by atoms with Crippen molar-refractivity contribution in [3.63, 3.8) is 0 Å². The Morgan fingerprint density at radius 3 is 2.19 bits per heavy atom. The largest absolute Gasteiger partial charge is 0.460 e. The number of carbonyl (C=O) groups is 3. The number of hydrogen-bond acceptors (Lipinski definition) is 5. The van der Waals surface area contributed by atoms with Gasteiger partial charge in [0.25, 0.3) is 0 Å². The van der Waals surface area contributed by atoms with Crippen LogP contribution in [0.3, 0.4) is 0 Å². The second-order valence-electron chi connectivity index (χ2n) is 5.55. The monoisotopic (exact) mass is 355 g/mol. The summed E-state index contributed by atoms with van der Waals surface area (Å²) in [6, 6.07) is 15.4. The van der Waals surface area contributed by atoms with E-state index in [1.54, 1.807) is 42.5 Å². The maximum atomic E-state index is 11.9. The van der Waals surface area contributed by atoms with Gasteiger partial charge in [0.2, 0.25) is 0 Å². The van der Waals surface area contributed by atoms with E-state index >= 15 is 0 Å². The molecule has 0 aliphatic carbocycles. The number of ether oxygens (including phenoxy) is 2. The Morgan fingerprint density at radius 1 is 0.885 bits per heavy atom. The van der Waals surface area contributed by atoms with Crippen LogP contribution in [0.25, 0.3) is 0 Å². The molecule has 0 heterocycles. The van der Waals surface area contributed by atoms with E-state index in [0.717, 1.165) is 18.4 Å². The molecule has 26 heavy (non-hydrogen) atoms. The Morgan fingerprint density at radius 2 is 1.54 bits per heavy atom. The topological polar surface area (TPSA) is 81.7 Å². The zero-order chi connectivity index (χ0) is 18.8. The van der Waals surface area contributed by atoms with Crippen LogP contribution in [-0.2, 0) is 15.9 Å². The molecule has 0 saturated carbocycles. The number of amides is 1. The van der Waals surface area contributed by atoms with Gasteiger partial charge in [-0.05, 0) is 36.2 Å². The van der Waals surface area contributed by atoms with Gasteiger partial charge in [-0.3, -0.25) is 0 Å². The Labute approximate surface area is 152 Å². The quantitative estimate of drug-likeness (QED) is 0.468. The molecule has 0 aromatic heterocycles. The van der Waals surface area contributed by atoms with E-state index in [1.165, 1.54) is 0 Å². The molecule has 0 saturated heterocycles. The van der Waals surface area contributed by atoms with E-state index in [0.29, 0.717) is 5.56 Å². The van der Waals surface area contributed by atoms with Gasteiger partial charge < -0.3 is 14.8 Å². The number of alkyl carbamates (subject to hydrolysis) is 1. The SMILES string of the molecule is CCCc1ccc(C(=O)OCCNC(=O)OC(=O)c2ccccc2)cc1. The first-order valence-corrected chi connectivity index (χ1v) is 8.41. The highest BCUT2D eigenvalue weighted by atomic mass is 16.6. The first kappa shape index (κ1) is 19.2. The number of hydrogen-bond donors (Lipinski definition) is 1. The summed E-state index contributed by atoms with van der Waals surface area (Å²) in [5.41, 5.74) is 1.89. The molecule has 6 nitrogen and oxygen atoms in total. The summed E-state index contributed by atoms with van der Waals surface area (Å²) in [5.74, 6) is -1.21. The minimum Gasteiger partial charge on any atom is -0.460 e. The lowest BCUT2D eigenvalue weighted by Crippen LogP contribution is -2.30. The van der Waals surface area contributed by atoms with Crippen molar-refractivity contribution < 1.29 is 23.9 Å². The molecule has 6 heteroatoms. The summed E-state index contributed by atoms with van der Waals surface area (Å²) in [6.07, 6.45) is 1.11. The van der Waals surface area contributed by atoms with E-state index < -0.39 is 18.0 Å². The van der Waals surface area contributed by atoms with Crippen molar-refractivity contribution in [2.24, 2.45) is 0 Å². The number of rotatable bonds is 7. The zero-order valence-electron chi connectivity index (χ0n) is 14.6. The molecule has 2 aromatic rings. The fourth-order valence-electron chi connectivity index (χ4n) is 2.23. The van der Waals surface area contributed by atoms with Crippen molar-refractivity contribution in [3.05, 3.63) is 71.3 Å². The van der Waals surface area contributed by atoms with Crippen molar-refractivity contribution in [1.82, 2.24) is 5.32 Å². The Bertz CT molecular complexity index is 741. The molecule has 1 amide bonds. The lowest BCUT2D eigenvalue weighted by atomic mass is 10.1. The smallest absolute Gasteiger partial charge is 0.415 e. The van der Waals surface area contributed by atoms with Crippen molar-refractivity contribution in [2.75, 3.05) is 13.2 Å². The van der Waals surface area contributed by atoms with Crippen molar-refractivity contribution in [1.29, 1.82) is 0 Å². The summed E-state index contributed by atoms with van der Waals surface area (Å²) in [7, 11) is 0. The Kier molecular flexibility index (Phi) is 7.36. The number of carbonyl (C=O) groups excluding carboxylic acids is 3. The highest BCUT2D eigenvalue weighted by Crippen LogP contribution is 2.08. The lowest BCUT2D eigenvalue weighted by molar-refractivity contribution is 0.0493. The van der Waals surface area contributed by atoms with Crippen LogP contribution >= 0.6 is 0 Å². The molecule has 1 N–H and O–H groups in total. The summed E-state index contributed by atoms with van der Waals surface area (Å²) < 4.78 is 9.71. The van der Waals surface area contributed by atoms with Gasteiger partial charge in [-0.1, -0.05) is 43.7 Å². The van der Waals surface area contributed by atoms with Crippen LogP contribution in [0.4, 0.5) is 4.79 Å². The zero-order valence-corrected chi connectivity index (χ0v) is 14.6. The summed E-state index contributed by atoms with van der Waals surface area (Å²) in [5, 5.41) is 2.36. The summed E-state index contributed by atoms with van der Waals surface area (Å²) in [4.78, 5) is 35.1. The van der Waals surface area contributed by atoms with Gasteiger partial charge >= 0.3 is 18.0 Å². The van der Waals surface area contributed by atoms with Gasteiger partial charge in [0.15, 0.2) is 0 Å². The predicted molar refractivity (Wildman–Crippen MR) is 96.0 cm³/mol. The van der Waals surface area contributed by atoms with Crippen molar-refractivity contribution in [2.45, 2.75) is 19.8 Å². The van der Waals surface area contributed by atoms with Gasteiger partial charge in [-0.2, -0.15) is 0 Å². The molecule has 0 unspecified atom stereocenters. The molecule has 136 valence electrons. The number of aryl methyl sites for hydroxylation is 1. The predicted octanol–water partition coefficient (Wildman–Crippen LogP) is 3.36. The number of benzene rings is 2. The summed E-state index contributed by atoms with van der Waals surface area (Å²) in [6.45, 7) is 2.11. The molecule has 0 fully saturated rings. The van der Waals surface area contributed by atoms with Crippen LogP contribution < -0.4 is 5.32 Å². The van der Waals surface area contributed by atoms with Gasteiger partial charge in [-0.15, -0.1) is 0 Å². The molecule has 0 bridgehead atoms. The van der Waals surface area contributed by atoms with Crippen molar-refractivity contribution >= 4 is 18.0 Å². The fraction of sp³-hybridized carbons (Fsp3) is 0.250. The third-order valence-corrected chi connectivity index (χ3v) is 3.53. The van der Waals surface area contributed by atoms with Gasteiger partial charge in [-0.25, -0.2) is 14.4 Å². The molecule has 0 aliphatic rings. The van der Waals surface area contributed by atoms with Crippen LogP contribution in [0.2, 0.25) is 0 Å². The molecule has 0 radical (unpaired) electrons. The molecular weight excluding hydrogens is 334 g/mol. The van der Waals surface area contributed by atoms with E-state index in [4.69, 9.17) is 4.74 Å². The Balaban J connectivity index is 1.68.